The molecule has 0 amide bonds. The summed E-state index contributed by atoms with van der Waals surface area (Å²) in [5.41, 5.74) is 0. The standard InChI is InChI=1S/C13H23NO5/c1-2-3-4-5-6-9-18-12(15)13(16)19-14-7-10-17-11-8-14/h2-11H2,1H3. The van der Waals surface area contributed by atoms with Crippen molar-refractivity contribution in [3.05, 3.63) is 0 Å². The highest BCUT2D eigenvalue weighted by molar-refractivity contribution is 6.29. The van der Waals surface area contributed by atoms with Crippen molar-refractivity contribution in [3.8, 4) is 0 Å². The summed E-state index contributed by atoms with van der Waals surface area (Å²) in [6.45, 7) is 4.38. The molecule has 1 rings (SSSR count). The van der Waals surface area contributed by atoms with Gasteiger partial charge in [0, 0.05) is 0 Å². The number of unbranched alkanes of at least 4 members (excludes halogenated alkanes) is 4. The first-order valence-electron chi connectivity index (χ1n) is 6.95. The molecule has 0 aromatic heterocycles. The fourth-order valence-electron chi connectivity index (χ4n) is 1.72. The van der Waals surface area contributed by atoms with Crippen LogP contribution in [0.15, 0.2) is 0 Å². The van der Waals surface area contributed by atoms with E-state index in [1.807, 2.05) is 0 Å². The first-order chi connectivity index (χ1) is 9.24. The number of esters is 1. The summed E-state index contributed by atoms with van der Waals surface area (Å²) in [5.74, 6) is -1.86. The minimum atomic E-state index is -0.949. The van der Waals surface area contributed by atoms with Gasteiger partial charge < -0.3 is 14.3 Å². The van der Waals surface area contributed by atoms with Crippen LogP contribution in [-0.4, -0.2) is 49.9 Å². The molecule has 0 aromatic rings. The minimum absolute atomic E-state index is 0.279. The Labute approximate surface area is 113 Å². The summed E-state index contributed by atoms with van der Waals surface area (Å²) < 4.78 is 9.96. The molecule has 1 aliphatic heterocycles. The van der Waals surface area contributed by atoms with Crippen molar-refractivity contribution < 1.29 is 23.9 Å². The number of ether oxygens (including phenoxy) is 2. The monoisotopic (exact) mass is 273 g/mol. The number of morpholine rings is 1. The lowest BCUT2D eigenvalue weighted by Crippen LogP contribution is -2.39. The maximum absolute atomic E-state index is 11.4. The Kier molecular flexibility index (Phi) is 8.16. The van der Waals surface area contributed by atoms with Gasteiger partial charge in [0.2, 0.25) is 0 Å². The van der Waals surface area contributed by atoms with E-state index in [9.17, 15) is 9.59 Å². The Morgan fingerprint density at radius 3 is 2.42 bits per heavy atom. The van der Waals surface area contributed by atoms with Crippen molar-refractivity contribution in [1.82, 2.24) is 5.06 Å². The summed E-state index contributed by atoms with van der Waals surface area (Å²) in [4.78, 5) is 27.6. The molecule has 19 heavy (non-hydrogen) atoms. The first-order valence-corrected chi connectivity index (χ1v) is 6.95. The van der Waals surface area contributed by atoms with Gasteiger partial charge in [0.25, 0.3) is 0 Å². The van der Waals surface area contributed by atoms with Crippen molar-refractivity contribution in [2.75, 3.05) is 32.9 Å². The van der Waals surface area contributed by atoms with E-state index in [-0.39, 0.29) is 6.61 Å². The highest BCUT2D eigenvalue weighted by Gasteiger charge is 2.22. The number of carbonyl (C=O) groups excluding carboxylic acids is 2. The Hall–Kier alpha value is -1.14. The van der Waals surface area contributed by atoms with Gasteiger partial charge in [-0.25, -0.2) is 9.59 Å². The molecule has 0 aliphatic carbocycles. The van der Waals surface area contributed by atoms with Gasteiger partial charge in [-0.15, -0.1) is 5.06 Å². The molecule has 1 heterocycles. The third-order valence-electron chi connectivity index (χ3n) is 2.83. The lowest BCUT2D eigenvalue weighted by Gasteiger charge is -2.24. The molecular formula is C13H23NO5. The fourth-order valence-corrected chi connectivity index (χ4v) is 1.72. The molecule has 0 saturated carbocycles. The molecule has 0 unspecified atom stereocenters. The topological polar surface area (TPSA) is 65.1 Å². The van der Waals surface area contributed by atoms with Crippen molar-refractivity contribution in [1.29, 1.82) is 0 Å². The molecule has 6 heteroatoms. The number of carbonyl (C=O) groups is 2. The van der Waals surface area contributed by atoms with Crippen molar-refractivity contribution in [3.63, 3.8) is 0 Å². The average Bonchev–Trinajstić information content (AvgIpc) is 2.43. The van der Waals surface area contributed by atoms with Crippen molar-refractivity contribution >= 4 is 11.9 Å². The number of hydrogen-bond acceptors (Lipinski definition) is 6. The Balaban J connectivity index is 2.06. The molecule has 0 N–H and O–H groups in total. The second-order valence-electron chi connectivity index (χ2n) is 4.47. The van der Waals surface area contributed by atoms with Crippen molar-refractivity contribution in [2.24, 2.45) is 0 Å². The van der Waals surface area contributed by atoms with Crippen LogP contribution < -0.4 is 0 Å². The third-order valence-corrected chi connectivity index (χ3v) is 2.83. The van der Waals surface area contributed by atoms with E-state index in [0.29, 0.717) is 26.3 Å². The second-order valence-corrected chi connectivity index (χ2v) is 4.47. The van der Waals surface area contributed by atoms with Gasteiger partial charge in [-0.05, 0) is 6.42 Å². The number of hydrogen-bond donors (Lipinski definition) is 0. The summed E-state index contributed by atoms with van der Waals surface area (Å²) in [6, 6.07) is 0. The smallest absolute Gasteiger partial charge is 0.436 e. The molecule has 1 saturated heterocycles. The molecular weight excluding hydrogens is 250 g/mol. The van der Waals surface area contributed by atoms with Crippen LogP contribution in [0, 0.1) is 0 Å². The van der Waals surface area contributed by atoms with E-state index in [2.05, 4.69) is 6.92 Å². The van der Waals surface area contributed by atoms with Gasteiger partial charge in [0.05, 0.1) is 32.9 Å². The molecule has 0 radical (unpaired) electrons. The van der Waals surface area contributed by atoms with Gasteiger partial charge in [0.1, 0.15) is 0 Å². The molecule has 110 valence electrons. The van der Waals surface area contributed by atoms with Crippen molar-refractivity contribution in [2.45, 2.75) is 39.0 Å². The largest absolute Gasteiger partial charge is 0.457 e. The normalized spacial score (nSPS) is 16.1. The number of nitrogens with zero attached hydrogens (tertiary/aromatic N) is 1. The Bertz CT molecular complexity index is 276. The molecule has 1 fully saturated rings. The first kappa shape index (κ1) is 15.9. The number of rotatable bonds is 7. The lowest BCUT2D eigenvalue weighted by molar-refractivity contribution is -0.211. The van der Waals surface area contributed by atoms with E-state index in [4.69, 9.17) is 14.3 Å². The van der Waals surface area contributed by atoms with E-state index in [1.165, 1.54) is 17.9 Å². The van der Waals surface area contributed by atoms with Gasteiger partial charge in [0.15, 0.2) is 0 Å². The highest BCUT2D eigenvalue weighted by atomic mass is 16.7. The predicted octanol–water partition coefficient (Wildman–Crippen LogP) is 1.29. The van der Waals surface area contributed by atoms with Crippen LogP contribution in [0.1, 0.15) is 39.0 Å². The third kappa shape index (κ3) is 7.12. The quantitative estimate of drug-likeness (QED) is 0.395. The summed E-state index contributed by atoms with van der Waals surface area (Å²) in [7, 11) is 0. The summed E-state index contributed by atoms with van der Waals surface area (Å²) >= 11 is 0. The van der Waals surface area contributed by atoms with Crippen LogP contribution in [0.4, 0.5) is 0 Å². The van der Waals surface area contributed by atoms with Crippen LogP contribution in [0.5, 0.6) is 0 Å². The zero-order valence-electron chi connectivity index (χ0n) is 11.6. The van der Waals surface area contributed by atoms with E-state index in [1.54, 1.807) is 0 Å². The maximum Gasteiger partial charge on any atom is 0.436 e. The van der Waals surface area contributed by atoms with Gasteiger partial charge in [-0.2, -0.15) is 0 Å². The molecule has 1 aliphatic rings. The minimum Gasteiger partial charge on any atom is -0.457 e. The van der Waals surface area contributed by atoms with Gasteiger partial charge in [-0.3, -0.25) is 0 Å². The highest BCUT2D eigenvalue weighted by Crippen LogP contribution is 2.03. The van der Waals surface area contributed by atoms with E-state index < -0.39 is 11.9 Å². The molecule has 0 atom stereocenters. The van der Waals surface area contributed by atoms with Crippen LogP contribution >= 0.6 is 0 Å². The average molecular weight is 273 g/mol. The molecule has 0 aromatic carbocycles. The zero-order valence-corrected chi connectivity index (χ0v) is 11.6. The molecule has 0 bridgehead atoms. The zero-order chi connectivity index (χ0) is 13.9. The number of hydroxylamine groups is 2. The van der Waals surface area contributed by atoms with Crippen LogP contribution in [0.3, 0.4) is 0 Å². The van der Waals surface area contributed by atoms with Crippen LogP contribution in [0.25, 0.3) is 0 Å². The van der Waals surface area contributed by atoms with Crippen LogP contribution in [-0.2, 0) is 23.9 Å². The Morgan fingerprint density at radius 2 is 1.74 bits per heavy atom. The van der Waals surface area contributed by atoms with Crippen LogP contribution in [0.2, 0.25) is 0 Å². The molecule has 0 spiro atoms. The van der Waals surface area contributed by atoms with Gasteiger partial charge >= 0.3 is 11.9 Å². The lowest BCUT2D eigenvalue weighted by atomic mass is 10.2. The summed E-state index contributed by atoms with van der Waals surface area (Å²) in [5, 5.41) is 1.42. The maximum atomic E-state index is 11.4. The van der Waals surface area contributed by atoms with E-state index in [0.717, 1.165) is 19.3 Å². The molecule has 6 nitrogen and oxygen atoms in total. The fraction of sp³-hybridized carbons (Fsp3) is 0.846. The Morgan fingerprint density at radius 1 is 1.05 bits per heavy atom. The summed E-state index contributed by atoms with van der Waals surface area (Å²) in [6.07, 6.45) is 5.29. The van der Waals surface area contributed by atoms with E-state index >= 15 is 0 Å². The SMILES string of the molecule is CCCCCCCOC(=O)C(=O)ON1CCOCC1. The van der Waals surface area contributed by atoms with Gasteiger partial charge in [-0.1, -0.05) is 32.6 Å². The second kappa shape index (κ2) is 9.75. The predicted molar refractivity (Wildman–Crippen MR) is 68.2 cm³/mol.